The van der Waals surface area contributed by atoms with Crippen LogP contribution in [-0.4, -0.2) is 74.0 Å². The summed E-state index contributed by atoms with van der Waals surface area (Å²) in [6.07, 6.45) is 1.41. The van der Waals surface area contributed by atoms with Crippen molar-refractivity contribution in [3.63, 3.8) is 0 Å². The van der Waals surface area contributed by atoms with E-state index in [2.05, 4.69) is 37.9 Å². The average molecular weight is 488 g/mol. The normalized spacial score (nSPS) is 23.8. The van der Waals surface area contributed by atoms with Crippen LogP contribution in [0.25, 0.3) is 10.8 Å². The molecule has 1 amide bonds. The Balaban J connectivity index is 1.32. The number of nitrogens with zero attached hydrogens (tertiary/aromatic N) is 2. The van der Waals surface area contributed by atoms with Crippen LogP contribution in [-0.2, 0) is 19.6 Å². The first-order valence-electron chi connectivity index (χ1n) is 12.2. The molecule has 2 aromatic rings. The van der Waals surface area contributed by atoms with Crippen molar-refractivity contribution in [2.24, 2.45) is 5.92 Å². The van der Waals surface area contributed by atoms with Gasteiger partial charge in [0, 0.05) is 44.2 Å². The second kappa shape index (κ2) is 9.93. The standard InChI is InChI=1S/C26H37N3O4S/c1-19-16-28(17-20(2)33-19)26(3,4)18-27-25(30)22-11-13-29(14-12-22)34(31,32)24-10-9-21-7-5-6-8-23(21)15-24/h5-10,15,19-20,22H,11-14,16-18H2,1-4H3,(H,27,30)/t19-,20-/m0/s1. The van der Waals surface area contributed by atoms with Crippen molar-refractivity contribution in [2.45, 2.75) is 63.2 Å². The largest absolute Gasteiger partial charge is 0.373 e. The zero-order chi connectivity index (χ0) is 24.5. The molecule has 2 heterocycles. The molecule has 0 unspecified atom stereocenters. The fourth-order valence-corrected chi connectivity index (χ4v) is 6.57. The number of piperidine rings is 1. The highest BCUT2D eigenvalue weighted by molar-refractivity contribution is 7.89. The molecule has 8 heteroatoms. The molecule has 34 heavy (non-hydrogen) atoms. The SMILES string of the molecule is C[C@H]1CN(C(C)(C)CNC(=O)C2CCN(S(=O)(=O)c3ccc4ccccc4c3)CC2)C[C@H](C)O1. The zero-order valence-electron chi connectivity index (χ0n) is 20.7. The first kappa shape index (κ1) is 25.1. The first-order valence-corrected chi connectivity index (χ1v) is 13.7. The number of hydrogen-bond acceptors (Lipinski definition) is 5. The first-order chi connectivity index (χ1) is 16.1. The minimum Gasteiger partial charge on any atom is -0.373 e. The summed E-state index contributed by atoms with van der Waals surface area (Å²) >= 11 is 0. The number of fused-ring (bicyclic) bond motifs is 1. The number of benzene rings is 2. The number of hydrogen-bond donors (Lipinski definition) is 1. The molecule has 0 aromatic heterocycles. The van der Waals surface area contributed by atoms with Gasteiger partial charge in [0.05, 0.1) is 17.1 Å². The third-order valence-corrected chi connectivity index (χ3v) is 9.05. The van der Waals surface area contributed by atoms with Gasteiger partial charge in [-0.1, -0.05) is 30.3 Å². The van der Waals surface area contributed by atoms with E-state index in [1.54, 1.807) is 12.1 Å². The van der Waals surface area contributed by atoms with E-state index in [1.165, 1.54) is 4.31 Å². The van der Waals surface area contributed by atoms with Crippen molar-refractivity contribution in [3.8, 4) is 0 Å². The van der Waals surface area contributed by atoms with Crippen LogP contribution in [0.15, 0.2) is 47.4 Å². The van der Waals surface area contributed by atoms with Crippen molar-refractivity contribution in [3.05, 3.63) is 42.5 Å². The Morgan fingerprint density at radius 3 is 2.29 bits per heavy atom. The molecule has 2 atom stereocenters. The second-order valence-electron chi connectivity index (χ2n) is 10.4. The van der Waals surface area contributed by atoms with E-state index >= 15 is 0 Å². The fraction of sp³-hybridized carbons (Fsp3) is 0.577. The molecule has 2 aromatic carbocycles. The van der Waals surface area contributed by atoms with Crippen molar-refractivity contribution in [1.82, 2.24) is 14.5 Å². The Morgan fingerprint density at radius 2 is 1.65 bits per heavy atom. The lowest BCUT2D eigenvalue weighted by Crippen LogP contribution is -2.59. The number of sulfonamides is 1. The van der Waals surface area contributed by atoms with Crippen LogP contribution in [0.4, 0.5) is 0 Å². The Hall–Kier alpha value is -2.00. The molecule has 2 aliphatic heterocycles. The van der Waals surface area contributed by atoms with Crippen LogP contribution in [0.1, 0.15) is 40.5 Å². The van der Waals surface area contributed by atoms with Gasteiger partial charge in [-0.2, -0.15) is 4.31 Å². The van der Waals surface area contributed by atoms with E-state index in [9.17, 15) is 13.2 Å². The molecule has 1 N–H and O–H groups in total. The van der Waals surface area contributed by atoms with Crippen molar-refractivity contribution >= 4 is 26.7 Å². The maximum Gasteiger partial charge on any atom is 0.243 e. The number of amides is 1. The highest BCUT2D eigenvalue weighted by Crippen LogP contribution is 2.27. The average Bonchev–Trinajstić information content (AvgIpc) is 2.81. The fourth-order valence-electron chi connectivity index (χ4n) is 5.07. The predicted octanol–water partition coefficient (Wildman–Crippen LogP) is 3.24. The van der Waals surface area contributed by atoms with Crippen LogP contribution in [0, 0.1) is 5.92 Å². The lowest BCUT2D eigenvalue weighted by molar-refractivity contribution is -0.127. The molecule has 2 fully saturated rings. The van der Waals surface area contributed by atoms with Gasteiger partial charge in [0.2, 0.25) is 15.9 Å². The quantitative estimate of drug-likeness (QED) is 0.677. The molecule has 2 saturated heterocycles. The summed E-state index contributed by atoms with van der Waals surface area (Å²) in [7, 11) is -3.58. The molecular formula is C26H37N3O4S. The molecule has 0 spiro atoms. The van der Waals surface area contributed by atoms with Gasteiger partial charge in [0.25, 0.3) is 0 Å². The molecule has 0 radical (unpaired) electrons. The maximum absolute atomic E-state index is 13.2. The Kier molecular flexibility index (Phi) is 7.33. The van der Waals surface area contributed by atoms with Gasteiger partial charge < -0.3 is 10.1 Å². The number of rotatable bonds is 6. The minimum absolute atomic E-state index is 0.0187. The molecular weight excluding hydrogens is 450 g/mol. The third kappa shape index (κ3) is 5.46. The summed E-state index contributed by atoms with van der Waals surface area (Å²) in [6.45, 7) is 11.4. The van der Waals surface area contributed by atoms with Crippen LogP contribution in [0.2, 0.25) is 0 Å². The number of nitrogens with one attached hydrogen (secondary N) is 1. The smallest absolute Gasteiger partial charge is 0.243 e. The van der Waals surface area contributed by atoms with E-state index in [0.717, 1.165) is 23.9 Å². The van der Waals surface area contributed by atoms with Crippen LogP contribution in [0.3, 0.4) is 0 Å². The van der Waals surface area contributed by atoms with Gasteiger partial charge in [-0.05, 0) is 63.4 Å². The summed E-state index contributed by atoms with van der Waals surface area (Å²) in [4.78, 5) is 15.6. The van der Waals surface area contributed by atoms with E-state index in [-0.39, 0.29) is 29.6 Å². The number of morpholine rings is 1. The number of carbonyl (C=O) groups excluding carboxylic acids is 1. The van der Waals surface area contributed by atoms with Gasteiger partial charge in [-0.25, -0.2) is 8.42 Å². The lowest BCUT2D eigenvalue weighted by atomic mass is 9.95. The van der Waals surface area contributed by atoms with Crippen LogP contribution >= 0.6 is 0 Å². The van der Waals surface area contributed by atoms with Gasteiger partial charge in [0.1, 0.15) is 0 Å². The number of carbonyl (C=O) groups is 1. The highest BCUT2D eigenvalue weighted by Gasteiger charge is 2.35. The van der Waals surface area contributed by atoms with Gasteiger partial charge in [-0.3, -0.25) is 9.69 Å². The van der Waals surface area contributed by atoms with Crippen molar-refractivity contribution in [2.75, 3.05) is 32.7 Å². The minimum atomic E-state index is -3.58. The Morgan fingerprint density at radius 1 is 1.03 bits per heavy atom. The summed E-state index contributed by atoms with van der Waals surface area (Å²) in [5, 5.41) is 5.06. The maximum atomic E-state index is 13.2. The highest BCUT2D eigenvalue weighted by atomic mass is 32.2. The van der Waals surface area contributed by atoms with Crippen molar-refractivity contribution in [1.29, 1.82) is 0 Å². The van der Waals surface area contributed by atoms with Gasteiger partial charge >= 0.3 is 0 Å². The van der Waals surface area contributed by atoms with Crippen LogP contribution in [0.5, 0.6) is 0 Å². The third-order valence-electron chi connectivity index (χ3n) is 7.15. The van der Waals surface area contributed by atoms with E-state index in [0.29, 0.717) is 37.4 Å². The summed E-state index contributed by atoms with van der Waals surface area (Å²) in [5.74, 6) is -0.147. The van der Waals surface area contributed by atoms with Gasteiger partial charge in [0.15, 0.2) is 0 Å². The molecule has 7 nitrogen and oxygen atoms in total. The monoisotopic (exact) mass is 487 g/mol. The van der Waals surface area contributed by atoms with E-state index in [1.807, 2.05) is 30.3 Å². The molecule has 186 valence electrons. The molecule has 0 bridgehead atoms. The van der Waals surface area contributed by atoms with Crippen molar-refractivity contribution < 1.29 is 17.9 Å². The molecule has 4 rings (SSSR count). The Bertz CT molecular complexity index is 1120. The van der Waals surface area contributed by atoms with Gasteiger partial charge in [-0.15, -0.1) is 0 Å². The molecule has 0 saturated carbocycles. The zero-order valence-corrected chi connectivity index (χ0v) is 21.5. The summed E-state index contributed by atoms with van der Waals surface area (Å²) in [5.41, 5.74) is -0.178. The lowest BCUT2D eigenvalue weighted by Gasteiger charge is -2.45. The topological polar surface area (TPSA) is 79.0 Å². The summed E-state index contributed by atoms with van der Waals surface area (Å²) < 4.78 is 33.8. The van der Waals surface area contributed by atoms with Crippen LogP contribution < -0.4 is 5.32 Å². The molecule has 2 aliphatic rings. The van der Waals surface area contributed by atoms with E-state index < -0.39 is 10.0 Å². The number of ether oxygens (including phenoxy) is 1. The molecule has 0 aliphatic carbocycles. The second-order valence-corrected chi connectivity index (χ2v) is 12.3. The Labute approximate surface area is 203 Å². The summed E-state index contributed by atoms with van der Waals surface area (Å²) in [6, 6.07) is 13.0. The predicted molar refractivity (Wildman–Crippen MR) is 134 cm³/mol. The van der Waals surface area contributed by atoms with E-state index in [4.69, 9.17) is 4.74 Å².